The standard InChI is InChI=1S/C17H19N3O/c1-4-9-20-17(21)15(11-18)10-16(19-20)14-7-5-13(6-8-14)12(2)3/h5-8,10,12H,4,9H2,1-3H3. The van der Waals surface area contributed by atoms with Gasteiger partial charge in [0.25, 0.3) is 5.56 Å². The van der Waals surface area contributed by atoms with Crippen LogP contribution in [-0.4, -0.2) is 9.78 Å². The van der Waals surface area contributed by atoms with Crippen LogP contribution in [0.15, 0.2) is 35.1 Å². The van der Waals surface area contributed by atoms with Crippen LogP contribution in [-0.2, 0) is 6.54 Å². The van der Waals surface area contributed by atoms with E-state index in [0.29, 0.717) is 18.2 Å². The minimum Gasteiger partial charge on any atom is -0.266 e. The minimum atomic E-state index is -0.318. The highest BCUT2D eigenvalue weighted by Crippen LogP contribution is 2.21. The lowest BCUT2D eigenvalue weighted by Crippen LogP contribution is -2.25. The second-order valence-electron chi connectivity index (χ2n) is 5.36. The van der Waals surface area contributed by atoms with Gasteiger partial charge in [0.2, 0.25) is 0 Å². The molecule has 0 saturated carbocycles. The zero-order chi connectivity index (χ0) is 15.4. The first-order chi connectivity index (χ1) is 10.1. The first-order valence-electron chi connectivity index (χ1n) is 7.19. The van der Waals surface area contributed by atoms with Crippen molar-refractivity contribution in [3.05, 3.63) is 51.8 Å². The molecule has 2 rings (SSSR count). The van der Waals surface area contributed by atoms with Crippen molar-refractivity contribution >= 4 is 0 Å². The van der Waals surface area contributed by atoms with Crippen molar-refractivity contribution in [1.82, 2.24) is 9.78 Å². The van der Waals surface area contributed by atoms with E-state index in [2.05, 4.69) is 31.1 Å². The molecule has 0 radical (unpaired) electrons. The highest BCUT2D eigenvalue weighted by Gasteiger charge is 2.09. The largest absolute Gasteiger partial charge is 0.284 e. The van der Waals surface area contributed by atoms with E-state index >= 15 is 0 Å². The van der Waals surface area contributed by atoms with Crippen LogP contribution in [0.1, 0.15) is 44.2 Å². The molecule has 108 valence electrons. The Morgan fingerprint density at radius 1 is 1.29 bits per heavy atom. The molecule has 4 nitrogen and oxygen atoms in total. The highest BCUT2D eigenvalue weighted by molar-refractivity contribution is 5.60. The summed E-state index contributed by atoms with van der Waals surface area (Å²) in [5, 5.41) is 13.5. The molecule has 0 aliphatic carbocycles. The van der Waals surface area contributed by atoms with Gasteiger partial charge in [0, 0.05) is 12.1 Å². The monoisotopic (exact) mass is 281 g/mol. The molecule has 0 saturated heterocycles. The van der Waals surface area contributed by atoms with Gasteiger partial charge in [0.1, 0.15) is 11.6 Å². The molecular formula is C17H19N3O. The van der Waals surface area contributed by atoms with Gasteiger partial charge >= 0.3 is 0 Å². The molecule has 0 amide bonds. The Balaban J connectivity index is 2.51. The molecule has 21 heavy (non-hydrogen) atoms. The van der Waals surface area contributed by atoms with E-state index in [1.54, 1.807) is 6.07 Å². The van der Waals surface area contributed by atoms with Gasteiger partial charge in [0.15, 0.2) is 0 Å². The number of nitriles is 1. The minimum absolute atomic E-state index is 0.140. The third-order valence-electron chi connectivity index (χ3n) is 3.40. The molecule has 0 aliphatic rings. The van der Waals surface area contributed by atoms with Crippen LogP contribution in [0.3, 0.4) is 0 Å². The van der Waals surface area contributed by atoms with E-state index in [1.807, 2.05) is 25.1 Å². The molecule has 0 aliphatic heterocycles. The normalized spacial score (nSPS) is 10.6. The number of hydrogen-bond donors (Lipinski definition) is 0. The van der Waals surface area contributed by atoms with E-state index in [9.17, 15) is 4.79 Å². The first-order valence-corrected chi connectivity index (χ1v) is 7.19. The van der Waals surface area contributed by atoms with Gasteiger partial charge in [-0.2, -0.15) is 10.4 Å². The van der Waals surface area contributed by atoms with E-state index in [1.165, 1.54) is 10.2 Å². The molecule has 4 heteroatoms. The van der Waals surface area contributed by atoms with Gasteiger partial charge in [-0.15, -0.1) is 0 Å². The summed E-state index contributed by atoms with van der Waals surface area (Å²) in [4.78, 5) is 12.0. The van der Waals surface area contributed by atoms with Gasteiger partial charge in [0.05, 0.1) is 5.69 Å². The maximum atomic E-state index is 12.0. The Kier molecular flexibility index (Phi) is 4.54. The molecule has 0 unspecified atom stereocenters. The van der Waals surface area contributed by atoms with Crippen LogP contribution in [0.5, 0.6) is 0 Å². The Morgan fingerprint density at radius 2 is 1.95 bits per heavy atom. The average Bonchev–Trinajstić information content (AvgIpc) is 2.49. The number of rotatable bonds is 4. The Hall–Kier alpha value is -2.41. The summed E-state index contributed by atoms with van der Waals surface area (Å²) in [6, 6.07) is 11.6. The number of hydrogen-bond acceptors (Lipinski definition) is 3. The smallest absolute Gasteiger partial charge is 0.266 e. The summed E-state index contributed by atoms with van der Waals surface area (Å²) in [6.45, 7) is 6.78. The maximum absolute atomic E-state index is 12.0. The van der Waals surface area contributed by atoms with Crippen molar-refractivity contribution in [2.24, 2.45) is 0 Å². The zero-order valence-electron chi connectivity index (χ0n) is 12.6. The fraction of sp³-hybridized carbons (Fsp3) is 0.353. The summed E-state index contributed by atoms with van der Waals surface area (Å²) in [6.07, 6.45) is 0.799. The summed E-state index contributed by atoms with van der Waals surface area (Å²) in [5.41, 5.74) is 2.65. The van der Waals surface area contributed by atoms with Crippen molar-refractivity contribution in [2.75, 3.05) is 0 Å². The highest BCUT2D eigenvalue weighted by atomic mass is 16.1. The topological polar surface area (TPSA) is 58.7 Å². The lowest BCUT2D eigenvalue weighted by Gasteiger charge is -2.09. The average molecular weight is 281 g/mol. The van der Waals surface area contributed by atoms with Crippen molar-refractivity contribution in [1.29, 1.82) is 5.26 Å². The predicted octanol–water partition coefficient (Wildman–Crippen LogP) is 3.32. The lowest BCUT2D eigenvalue weighted by atomic mass is 10.0. The summed E-state index contributed by atoms with van der Waals surface area (Å²) in [5.74, 6) is 0.468. The molecule has 1 aromatic heterocycles. The van der Waals surface area contributed by atoms with E-state index < -0.39 is 0 Å². The van der Waals surface area contributed by atoms with Crippen LogP contribution < -0.4 is 5.56 Å². The van der Waals surface area contributed by atoms with Crippen LogP contribution >= 0.6 is 0 Å². The molecule has 0 spiro atoms. The van der Waals surface area contributed by atoms with Crippen molar-refractivity contribution < 1.29 is 0 Å². The van der Waals surface area contributed by atoms with Crippen LogP contribution in [0.4, 0.5) is 0 Å². The molecule has 1 aromatic carbocycles. The molecule has 0 fully saturated rings. The molecule has 0 N–H and O–H groups in total. The van der Waals surface area contributed by atoms with Crippen molar-refractivity contribution in [2.45, 2.75) is 39.7 Å². The van der Waals surface area contributed by atoms with Gasteiger partial charge < -0.3 is 0 Å². The summed E-state index contributed by atoms with van der Waals surface area (Å²) in [7, 11) is 0. The fourth-order valence-electron chi connectivity index (χ4n) is 2.17. The SMILES string of the molecule is CCCn1nc(-c2ccc(C(C)C)cc2)cc(C#N)c1=O. The number of nitrogens with zero attached hydrogens (tertiary/aromatic N) is 3. The zero-order valence-corrected chi connectivity index (χ0v) is 12.6. The third kappa shape index (κ3) is 3.19. The Labute approximate surface area is 124 Å². The molecular weight excluding hydrogens is 262 g/mol. The number of aromatic nitrogens is 2. The van der Waals surface area contributed by atoms with Gasteiger partial charge in [-0.05, 0) is 24.0 Å². The summed E-state index contributed by atoms with van der Waals surface area (Å²) < 4.78 is 1.38. The lowest BCUT2D eigenvalue weighted by molar-refractivity contribution is 0.569. The third-order valence-corrected chi connectivity index (χ3v) is 3.40. The Morgan fingerprint density at radius 3 is 2.48 bits per heavy atom. The first kappa shape index (κ1) is 15.0. The quantitative estimate of drug-likeness (QED) is 0.863. The second kappa shape index (κ2) is 6.36. The molecule has 0 atom stereocenters. The maximum Gasteiger partial charge on any atom is 0.284 e. The second-order valence-corrected chi connectivity index (χ2v) is 5.36. The van der Waals surface area contributed by atoms with Gasteiger partial charge in [-0.1, -0.05) is 45.0 Å². The van der Waals surface area contributed by atoms with Gasteiger partial charge in [-0.25, -0.2) is 4.68 Å². The molecule has 0 bridgehead atoms. The Bertz CT molecular complexity index is 721. The number of benzene rings is 1. The van der Waals surface area contributed by atoms with E-state index in [0.717, 1.165) is 12.0 Å². The predicted molar refractivity (Wildman–Crippen MR) is 83.0 cm³/mol. The fourth-order valence-corrected chi connectivity index (χ4v) is 2.17. The van der Waals surface area contributed by atoms with Gasteiger partial charge in [-0.3, -0.25) is 4.79 Å². The van der Waals surface area contributed by atoms with Crippen LogP contribution in [0.2, 0.25) is 0 Å². The van der Waals surface area contributed by atoms with Crippen molar-refractivity contribution in [3.8, 4) is 17.3 Å². The van der Waals surface area contributed by atoms with E-state index in [-0.39, 0.29) is 11.1 Å². The van der Waals surface area contributed by atoms with Crippen molar-refractivity contribution in [3.63, 3.8) is 0 Å². The molecule has 2 aromatic rings. The number of aryl methyl sites for hydroxylation is 1. The van der Waals surface area contributed by atoms with Crippen LogP contribution in [0, 0.1) is 11.3 Å². The molecule has 1 heterocycles. The van der Waals surface area contributed by atoms with E-state index in [4.69, 9.17) is 5.26 Å². The van der Waals surface area contributed by atoms with Crippen LogP contribution in [0.25, 0.3) is 11.3 Å². The summed E-state index contributed by atoms with van der Waals surface area (Å²) >= 11 is 0.